The number of hydrogen-bond acceptors (Lipinski definition) is 2. The third kappa shape index (κ3) is 10.9. The Balaban J connectivity index is 0.000000262. The Kier molecular flexibility index (Phi) is 8.88. The Labute approximate surface area is 93.3 Å². The third-order valence-electron chi connectivity index (χ3n) is 1.90. The Hall–Kier alpha value is -1.02. The molecule has 1 rings (SSSR count). The number of phenolic OH excluding ortho intramolecular Hbond substituents is 1. The van der Waals surface area contributed by atoms with Gasteiger partial charge in [0.2, 0.25) is 0 Å². The number of para-hydroxylation sites is 1. The van der Waals surface area contributed by atoms with Crippen LogP contribution >= 0.6 is 0 Å². The van der Waals surface area contributed by atoms with E-state index in [-0.39, 0.29) is 0 Å². The van der Waals surface area contributed by atoms with Crippen molar-refractivity contribution in [1.29, 1.82) is 0 Å². The lowest BCUT2D eigenvalue weighted by Gasteiger charge is -2.02. The summed E-state index contributed by atoms with van der Waals surface area (Å²) >= 11 is 0. The van der Waals surface area contributed by atoms with E-state index in [1.807, 2.05) is 6.07 Å². The van der Waals surface area contributed by atoms with Crippen LogP contribution < -0.4 is 5.32 Å². The summed E-state index contributed by atoms with van der Waals surface area (Å²) < 4.78 is 0. The first kappa shape index (κ1) is 14.0. The molecule has 0 heterocycles. The zero-order valence-electron chi connectivity index (χ0n) is 10.0. The second kappa shape index (κ2) is 9.53. The molecule has 2 N–H and O–H groups in total. The second-order valence-electron chi connectivity index (χ2n) is 3.87. The van der Waals surface area contributed by atoms with Crippen molar-refractivity contribution in [2.45, 2.75) is 27.2 Å². The largest absolute Gasteiger partial charge is 0.508 e. The molecule has 0 aromatic heterocycles. The molecule has 0 amide bonds. The summed E-state index contributed by atoms with van der Waals surface area (Å²) in [5.41, 5.74) is 0. The average molecular weight is 209 g/mol. The van der Waals surface area contributed by atoms with Crippen LogP contribution in [-0.2, 0) is 0 Å². The van der Waals surface area contributed by atoms with Gasteiger partial charge in [0.25, 0.3) is 0 Å². The van der Waals surface area contributed by atoms with Crippen molar-refractivity contribution in [1.82, 2.24) is 5.32 Å². The zero-order chi connectivity index (χ0) is 11.5. The van der Waals surface area contributed by atoms with Crippen LogP contribution in [0.5, 0.6) is 5.75 Å². The van der Waals surface area contributed by atoms with Gasteiger partial charge in [0, 0.05) is 0 Å². The van der Waals surface area contributed by atoms with E-state index in [1.165, 1.54) is 13.0 Å². The molecule has 2 heteroatoms. The number of nitrogens with one attached hydrogen (secondary N) is 1. The summed E-state index contributed by atoms with van der Waals surface area (Å²) in [4.78, 5) is 0. The minimum Gasteiger partial charge on any atom is -0.508 e. The van der Waals surface area contributed by atoms with Crippen LogP contribution in [0.15, 0.2) is 30.3 Å². The van der Waals surface area contributed by atoms with Gasteiger partial charge in [0.15, 0.2) is 0 Å². The minimum absolute atomic E-state index is 0.322. The highest BCUT2D eigenvalue weighted by Crippen LogP contribution is 2.02. The SMILES string of the molecule is CCNCCC(C)C.Oc1ccccc1. The molecule has 0 spiro atoms. The quantitative estimate of drug-likeness (QED) is 0.747. The van der Waals surface area contributed by atoms with Crippen LogP contribution in [0, 0.1) is 5.92 Å². The van der Waals surface area contributed by atoms with Gasteiger partial charge in [0.1, 0.15) is 5.75 Å². The molecule has 0 aliphatic heterocycles. The van der Waals surface area contributed by atoms with Gasteiger partial charge in [-0.05, 0) is 37.6 Å². The molecule has 1 aromatic rings. The molecule has 86 valence electrons. The maximum absolute atomic E-state index is 8.63. The molecule has 0 unspecified atom stereocenters. The summed E-state index contributed by atoms with van der Waals surface area (Å²) in [6, 6.07) is 8.71. The van der Waals surface area contributed by atoms with Crippen LogP contribution in [0.25, 0.3) is 0 Å². The van der Waals surface area contributed by atoms with Crippen LogP contribution in [0.4, 0.5) is 0 Å². The fourth-order valence-electron chi connectivity index (χ4n) is 0.996. The smallest absolute Gasteiger partial charge is 0.115 e. The lowest BCUT2D eigenvalue weighted by molar-refractivity contribution is 0.475. The standard InChI is InChI=1S/C7H17N.C6H6O/c1-4-8-6-5-7(2)3;7-6-4-2-1-3-5-6/h7-8H,4-6H2,1-3H3;1-5,7H. The van der Waals surface area contributed by atoms with Crippen LogP contribution in [0.2, 0.25) is 0 Å². The highest BCUT2D eigenvalue weighted by molar-refractivity contribution is 5.18. The molecule has 2 nitrogen and oxygen atoms in total. The van der Waals surface area contributed by atoms with Crippen molar-refractivity contribution in [2.75, 3.05) is 13.1 Å². The Bertz CT molecular complexity index is 221. The number of rotatable bonds is 4. The van der Waals surface area contributed by atoms with Crippen LogP contribution in [-0.4, -0.2) is 18.2 Å². The Morgan fingerprint density at radius 3 is 2.13 bits per heavy atom. The molecule has 15 heavy (non-hydrogen) atoms. The summed E-state index contributed by atoms with van der Waals surface area (Å²) in [6.45, 7) is 8.91. The second-order valence-corrected chi connectivity index (χ2v) is 3.87. The molecule has 0 atom stereocenters. The Morgan fingerprint density at radius 2 is 1.80 bits per heavy atom. The van der Waals surface area contributed by atoms with Crippen molar-refractivity contribution < 1.29 is 5.11 Å². The lowest BCUT2D eigenvalue weighted by atomic mass is 10.1. The van der Waals surface area contributed by atoms with Crippen molar-refractivity contribution in [2.24, 2.45) is 5.92 Å². The van der Waals surface area contributed by atoms with E-state index in [2.05, 4.69) is 26.1 Å². The first-order valence-electron chi connectivity index (χ1n) is 5.61. The number of phenols is 1. The monoisotopic (exact) mass is 209 g/mol. The van der Waals surface area contributed by atoms with E-state index >= 15 is 0 Å². The average Bonchev–Trinajstić information content (AvgIpc) is 2.20. The predicted molar refractivity (Wildman–Crippen MR) is 66.1 cm³/mol. The fraction of sp³-hybridized carbons (Fsp3) is 0.538. The summed E-state index contributed by atoms with van der Waals surface area (Å²) in [5, 5.41) is 11.9. The molecule has 0 aliphatic rings. The van der Waals surface area contributed by atoms with Gasteiger partial charge in [-0.15, -0.1) is 0 Å². The first-order valence-corrected chi connectivity index (χ1v) is 5.61. The highest BCUT2D eigenvalue weighted by Gasteiger charge is 1.89. The van der Waals surface area contributed by atoms with Crippen LogP contribution in [0.3, 0.4) is 0 Å². The molecular formula is C13H23NO. The normalized spacial score (nSPS) is 9.60. The van der Waals surface area contributed by atoms with Gasteiger partial charge in [-0.1, -0.05) is 39.0 Å². The number of benzene rings is 1. The fourth-order valence-corrected chi connectivity index (χ4v) is 0.996. The maximum Gasteiger partial charge on any atom is 0.115 e. The van der Waals surface area contributed by atoms with Gasteiger partial charge >= 0.3 is 0 Å². The van der Waals surface area contributed by atoms with Gasteiger partial charge < -0.3 is 10.4 Å². The van der Waals surface area contributed by atoms with E-state index < -0.39 is 0 Å². The lowest BCUT2D eigenvalue weighted by Crippen LogP contribution is -2.15. The van der Waals surface area contributed by atoms with Crippen molar-refractivity contribution >= 4 is 0 Å². The van der Waals surface area contributed by atoms with Gasteiger partial charge in [-0.25, -0.2) is 0 Å². The molecule has 0 saturated heterocycles. The summed E-state index contributed by atoms with van der Waals surface area (Å²) in [5.74, 6) is 1.16. The van der Waals surface area contributed by atoms with Crippen molar-refractivity contribution in [3.05, 3.63) is 30.3 Å². The molecule has 0 fully saturated rings. The molecule has 0 bridgehead atoms. The van der Waals surface area contributed by atoms with Gasteiger partial charge in [0.05, 0.1) is 0 Å². The topological polar surface area (TPSA) is 32.3 Å². The molecule has 1 aromatic carbocycles. The van der Waals surface area contributed by atoms with Gasteiger partial charge in [-0.3, -0.25) is 0 Å². The van der Waals surface area contributed by atoms with E-state index in [4.69, 9.17) is 5.11 Å². The molecule has 0 aliphatic carbocycles. The van der Waals surface area contributed by atoms with E-state index in [0.717, 1.165) is 12.5 Å². The van der Waals surface area contributed by atoms with Crippen LogP contribution in [0.1, 0.15) is 27.2 Å². The summed E-state index contributed by atoms with van der Waals surface area (Å²) in [7, 11) is 0. The van der Waals surface area contributed by atoms with Crippen molar-refractivity contribution in [3.63, 3.8) is 0 Å². The number of aromatic hydroxyl groups is 1. The highest BCUT2D eigenvalue weighted by atomic mass is 16.3. The van der Waals surface area contributed by atoms with E-state index in [0.29, 0.717) is 5.75 Å². The zero-order valence-corrected chi connectivity index (χ0v) is 10.0. The van der Waals surface area contributed by atoms with E-state index in [9.17, 15) is 0 Å². The third-order valence-corrected chi connectivity index (χ3v) is 1.90. The van der Waals surface area contributed by atoms with Gasteiger partial charge in [-0.2, -0.15) is 0 Å². The predicted octanol–water partition coefficient (Wildman–Crippen LogP) is 3.03. The maximum atomic E-state index is 8.63. The Morgan fingerprint density at radius 1 is 1.20 bits per heavy atom. The first-order chi connectivity index (χ1) is 7.16. The molecule has 0 saturated carbocycles. The van der Waals surface area contributed by atoms with E-state index in [1.54, 1.807) is 24.3 Å². The number of hydrogen-bond donors (Lipinski definition) is 2. The molecular weight excluding hydrogens is 186 g/mol. The minimum atomic E-state index is 0.322. The summed E-state index contributed by atoms with van der Waals surface area (Å²) in [6.07, 6.45) is 1.30. The molecule has 0 radical (unpaired) electrons. The van der Waals surface area contributed by atoms with Crippen molar-refractivity contribution in [3.8, 4) is 5.75 Å².